The number of halogens is 1. The lowest BCUT2D eigenvalue weighted by molar-refractivity contribution is 0.0683. The molecular weight excluding hydrogens is 326 g/mol. The van der Waals surface area contributed by atoms with Crippen molar-refractivity contribution in [1.82, 2.24) is 10.2 Å². The molecule has 0 bridgehead atoms. The molecule has 3 nitrogen and oxygen atoms in total. The van der Waals surface area contributed by atoms with E-state index < -0.39 is 0 Å². The van der Waals surface area contributed by atoms with Crippen molar-refractivity contribution in [2.24, 2.45) is 0 Å². The Kier molecular flexibility index (Phi) is 5.33. The van der Waals surface area contributed by atoms with Gasteiger partial charge in [-0.1, -0.05) is 22.0 Å². The normalized spacial score (nSPS) is 18.4. The number of nitrogens with zero attached hydrogens (tertiary/aromatic N) is 2. The van der Waals surface area contributed by atoms with E-state index in [1.165, 1.54) is 30.5 Å². The van der Waals surface area contributed by atoms with E-state index in [0.717, 1.165) is 11.0 Å². The molecule has 1 unspecified atom stereocenters. The summed E-state index contributed by atoms with van der Waals surface area (Å²) < 4.78 is 1.14. The van der Waals surface area contributed by atoms with Crippen LogP contribution in [0.15, 0.2) is 22.7 Å². The molecular formula is C17H28BrN3. The third-order valence-corrected chi connectivity index (χ3v) is 5.56. The van der Waals surface area contributed by atoms with E-state index in [2.05, 4.69) is 77.3 Å². The van der Waals surface area contributed by atoms with Gasteiger partial charge in [0.05, 0.1) is 0 Å². The third-order valence-electron chi connectivity index (χ3n) is 5.07. The van der Waals surface area contributed by atoms with Gasteiger partial charge in [-0.3, -0.25) is 0 Å². The lowest BCUT2D eigenvalue weighted by Gasteiger charge is -2.49. The summed E-state index contributed by atoms with van der Waals surface area (Å²) in [4.78, 5) is 4.83. The second-order valence-electron chi connectivity index (χ2n) is 6.54. The molecule has 0 spiro atoms. The van der Waals surface area contributed by atoms with Crippen LogP contribution < -0.4 is 10.2 Å². The summed E-state index contributed by atoms with van der Waals surface area (Å²) in [7, 11) is 8.66. The Hall–Kier alpha value is -0.580. The zero-order chi connectivity index (χ0) is 15.6. The van der Waals surface area contributed by atoms with Crippen molar-refractivity contribution in [2.45, 2.75) is 37.8 Å². The molecule has 0 amide bonds. The quantitative estimate of drug-likeness (QED) is 0.841. The Balaban J connectivity index is 2.25. The van der Waals surface area contributed by atoms with E-state index >= 15 is 0 Å². The zero-order valence-electron chi connectivity index (χ0n) is 13.9. The topological polar surface area (TPSA) is 18.5 Å². The van der Waals surface area contributed by atoms with Crippen LogP contribution in [0.1, 0.15) is 37.8 Å². The van der Waals surface area contributed by atoms with Crippen molar-refractivity contribution >= 4 is 21.6 Å². The lowest BCUT2D eigenvalue weighted by Crippen LogP contribution is -2.56. The molecule has 1 saturated carbocycles. The molecule has 21 heavy (non-hydrogen) atoms. The van der Waals surface area contributed by atoms with Gasteiger partial charge in [0.1, 0.15) is 0 Å². The highest BCUT2D eigenvalue weighted by Crippen LogP contribution is 2.38. The van der Waals surface area contributed by atoms with Crippen molar-refractivity contribution in [3.63, 3.8) is 0 Å². The summed E-state index contributed by atoms with van der Waals surface area (Å²) in [6, 6.07) is 6.95. The second kappa shape index (κ2) is 6.67. The molecule has 1 atom stereocenters. The highest BCUT2D eigenvalue weighted by molar-refractivity contribution is 9.10. The predicted octanol–water partition coefficient (Wildman–Crippen LogP) is 3.65. The molecule has 1 fully saturated rings. The molecule has 0 radical (unpaired) electrons. The van der Waals surface area contributed by atoms with E-state index in [-0.39, 0.29) is 0 Å². The Labute approximate surface area is 137 Å². The smallest absolute Gasteiger partial charge is 0.0423 e. The average molecular weight is 354 g/mol. The van der Waals surface area contributed by atoms with Crippen molar-refractivity contribution in [3.05, 3.63) is 28.2 Å². The molecule has 1 aliphatic rings. The maximum atomic E-state index is 3.62. The van der Waals surface area contributed by atoms with Crippen LogP contribution in [0.4, 0.5) is 5.69 Å². The summed E-state index contributed by atoms with van der Waals surface area (Å²) in [6.45, 7) is 3.30. The van der Waals surface area contributed by atoms with Gasteiger partial charge in [0.25, 0.3) is 0 Å². The van der Waals surface area contributed by atoms with Crippen LogP contribution in [0.2, 0.25) is 0 Å². The average Bonchev–Trinajstić information content (AvgIpc) is 2.41. The van der Waals surface area contributed by atoms with Gasteiger partial charge in [0.15, 0.2) is 0 Å². The number of benzene rings is 1. The monoisotopic (exact) mass is 353 g/mol. The van der Waals surface area contributed by atoms with Gasteiger partial charge in [-0.05, 0) is 65.0 Å². The fourth-order valence-corrected chi connectivity index (χ4v) is 3.58. The van der Waals surface area contributed by atoms with Gasteiger partial charge in [-0.25, -0.2) is 0 Å². The van der Waals surface area contributed by atoms with E-state index in [9.17, 15) is 0 Å². The first kappa shape index (κ1) is 16.8. The summed E-state index contributed by atoms with van der Waals surface area (Å²) in [5, 5.41) is 3.36. The third kappa shape index (κ3) is 3.43. The van der Waals surface area contributed by atoms with E-state index in [0.29, 0.717) is 11.6 Å². The van der Waals surface area contributed by atoms with Crippen LogP contribution >= 0.6 is 15.9 Å². The van der Waals surface area contributed by atoms with Gasteiger partial charge in [0.2, 0.25) is 0 Å². The van der Waals surface area contributed by atoms with E-state index in [1.54, 1.807) is 0 Å². The summed E-state index contributed by atoms with van der Waals surface area (Å²) in [5.74, 6) is 0. The largest absolute Gasteiger partial charge is 0.372 e. The minimum absolute atomic E-state index is 0.344. The second-order valence-corrected chi connectivity index (χ2v) is 7.46. The number of rotatable bonds is 6. The minimum Gasteiger partial charge on any atom is -0.372 e. The van der Waals surface area contributed by atoms with Crippen molar-refractivity contribution < 1.29 is 0 Å². The van der Waals surface area contributed by atoms with Crippen LogP contribution in [0, 0.1) is 0 Å². The minimum atomic E-state index is 0.344. The molecule has 1 aromatic rings. The predicted molar refractivity (Wildman–Crippen MR) is 95.2 cm³/mol. The van der Waals surface area contributed by atoms with Crippen molar-refractivity contribution in [1.29, 1.82) is 0 Å². The van der Waals surface area contributed by atoms with E-state index in [4.69, 9.17) is 0 Å². The van der Waals surface area contributed by atoms with Gasteiger partial charge in [0, 0.05) is 35.3 Å². The fourth-order valence-electron chi connectivity index (χ4n) is 3.23. The van der Waals surface area contributed by atoms with Crippen molar-refractivity contribution in [2.75, 3.05) is 39.6 Å². The molecule has 0 saturated heterocycles. The molecule has 0 aliphatic heterocycles. The maximum Gasteiger partial charge on any atom is 0.0423 e. The Morgan fingerprint density at radius 2 is 1.95 bits per heavy atom. The number of anilines is 1. The highest BCUT2D eigenvalue weighted by atomic mass is 79.9. The number of nitrogens with one attached hydrogen (secondary N) is 1. The molecule has 1 aromatic carbocycles. The molecule has 1 aliphatic carbocycles. The van der Waals surface area contributed by atoms with Gasteiger partial charge < -0.3 is 15.1 Å². The maximum absolute atomic E-state index is 3.62. The van der Waals surface area contributed by atoms with Crippen LogP contribution in [0.5, 0.6) is 0 Å². The summed E-state index contributed by atoms with van der Waals surface area (Å²) >= 11 is 3.62. The van der Waals surface area contributed by atoms with Crippen LogP contribution in [-0.2, 0) is 0 Å². The Morgan fingerprint density at radius 3 is 2.43 bits per heavy atom. The zero-order valence-corrected chi connectivity index (χ0v) is 15.5. The standard InChI is InChI=1S/C17H28BrN3/c1-13(19-2)15-8-7-14(18)11-16(15)21(5)12-17(20(3)4)9-6-10-17/h7-8,11,13,19H,6,9-10,12H2,1-5H3. The molecule has 0 heterocycles. The first-order valence-electron chi connectivity index (χ1n) is 7.75. The number of hydrogen-bond donors (Lipinski definition) is 1. The fraction of sp³-hybridized carbons (Fsp3) is 0.647. The summed E-state index contributed by atoms with van der Waals surface area (Å²) in [5.41, 5.74) is 3.02. The highest BCUT2D eigenvalue weighted by Gasteiger charge is 2.40. The first-order chi connectivity index (χ1) is 9.89. The lowest BCUT2D eigenvalue weighted by atomic mass is 9.75. The van der Waals surface area contributed by atoms with Crippen LogP contribution in [0.3, 0.4) is 0 Å². The summed E-state index contributed by atoms with van der Waals surface area (Å²) in [6.07, 6.45) is 3.95. The van der Waals surface area contributed by atoms with E-state index in [1.807, 2.05) is 7.05 Å². The Morgan fingerprint density at radius 1 is 1.29 bits per heavy atom. The molecule has 2 rings (SSSR count). The molecule has 0 aromatic heterocycles. The molecule has 4 heteroatoms. The van der Waals surface area contributed by atoms with Crippen molar-refractivity contribution in [3.8, 4) is 0 Å². The first-order valence-corrected chi connectivity index (χ1v) is 8.54. The van der Waals surface area contributed by atoms with Gasteiger partial charge >= 0.3 is 0 Å². The Bertz CT molecular complexity index is 483. The van der Waals surface area contributed by atoms with Gasteiger partial charge in [-0.2, -0.15) is 0 Å². The number of likely N-dealkylation sites (N-methyl/N-ethyl adjacent to an activating group) is 2. The SMILES string of the molecule is CNC(C)c1ccc(Br)cc1N(C)CC1(N(C)C)CCC1. The van der Waals surface area contributed by atoms with Crippen LogP contribution in [0.25, 0.3) is 0 Å². The van der Waals surface area contributed by atoms with Gasteiger partial charge in [-0.15, -0.1) is 0 Å². The molecule has 118 valence electrons. The molecule has 1 N–H and O–H groups in total. The number of hydrogen-bond acceptors (Lipinski definition) is 3. The van der Waals surface area contributed by atoms with Crippen LogP contribution in [-0.4, -0.2) is 45.2 Å².